The van der Waals surface area contributed by atoms with Crippen LogP contribution in [0.3, 0.4) is 0 Å². The number of amides is 2. The van der Waals surface area contributed by atoms with Gasteiger partial charge in [-0.1, -0.05) is 18.2 Å². The lowest BCUT2D eigenvalue weighted by Crippen LogP contribution is -2.48. The Morgan fingerprint density at radius 1 is 0.621 bits per heavy atom. The Balaban J connectivity index is 1.34. The average Bonchev–Trinajstić information content (AvgIpc) is 2.79. The van der Waals surface area contributed by atoms with E-state index in [1.54, 1.807) is 24.3 Å². The predicted octanol–water partition coefficient (Wildman–Crippen LogP) is 2.04. The Hall–Kier alpha value is -2.86. The average molecular weight is 393 g/mol. The smallest absolute Gasteiger partial charge is 0.253 e. The van der Waals surface area contributed by atoms with E-state index in [1.165, 1.54) is 5.69 Å². The first-order valence-corrected chi connectivity index (χ1v) is 10.3. The fourth-order valence-electron chi connectivity index (χ4n) is 3.94. The molecule has 2 saturated heterocycles. The molecular formula is C23H28N4O2. The van der Waals surface area contributed by atoms with E-state index >= 15 is 0 Å². The van der Waals surface area contributed by atoms with Crippen LogP contribution in [0.25, 0.3) is 0 Å². The molecule has 2 aliphatic rings. The summed E-state index contributed by atoms with van der Waals surface area (Å²) in [5.41, 5.74) is 2.50. The van der Waals surface area contributed by atoms with Gasteiger partial charge in [-0.3, -0.25) is 9.59 Å². The Morgan fingerprint density at radius 2 is 1.07 bits per heavy atom. The van der Waals surface area contributed by atoms with Gasteiger partial charge in [0, 0.05) is 69.2 Å². The summed E-state index contributed by atoms with van der Waals surface area (Å²) in [5, 5.41) is 0. The molecule has 152 valence electrons. The summed E-state index contributed by atoms with van der Waals surface area (Å²) in [6, 6.07) is 17.4. The molecule has 2 aliphatic heterocycles. The Morgan fingerprint density at radius 3 is 1.55 bits per heavy atom. The van der Waals surface area contributed by atoms with Gasteiger partial charge < -0.3 is 19.6 Å². The van der Waals surface area contributed by atoms with Crippen LogP contribution in [-0.4, -0.2) is 85.9 Å². The zero-order valence-corrected chi connectivity index (χ0v) is 17.0. The second-order valence-electron chi connectivity index (χ2n) is 7.79. The summed E-state index contributed by atoms with van der Waals surface area (Å²) >= 11 is 0. The fourth-order valence-corrected chi connectivity index (χ4v) is 3.94. The van der Waals surface area contributed by atoms with Crippen molar-refractivity contribution < 1.29 is 9.59 Å². The summed E-state index contributed by atoms with van der Waals surface area (Å²) in [4.78, 5) is 33.9. The number of anilines is 1. The summed E-state index contributed by atoms with van der Waals surface area (Å²) in [6.07, 6.45) is 0. The van der Waals surface area contributed by atoms with Crippen LogP contribution in [0.2, 0.25) is 0 Å². The number of hydrogen-bond donors (Lipinski definition) is 0. The van der Waals surface area contributed by atoms with Crippen molar-refractivity contribution in [2.75, 3.05) is 64.3 Å². The number of carbonyl (C=O) groups is 2. The van der Waals surface area contributed by atoms with E-state index in [9.17, 15) is 9.59 Å². The van der Waals surface area contributed by atoms with Crippen molar-refractivity contribution in [3.05, 3.63) is 65.7 Å². The molecular weight excluding hydrogens is 364 g/mol. The lowest BCUT2D eigenvalue weighted by molar-refractivity contribution is 0.0662. The van der Waals surface area contributed by atoms with Crippen molar-refractivity contribution in [3.63, 3.8) is 0 Å². The third-order valence-electron chi connectivity index (χ3n) is 5.86. The van der Waals surface area contributed by atoms with Crippen molar-refractivity contribution in [3.8, 4) is 0 Å². The van der Waals surface area contributed by atoms with Gasteiger partial charge in [0.1, 0.15) is 0 Å². The molecule has 2 fully saturated rings. The second-order valence-corrected chi connectivity index (χ2v) is 7.79. The first kappa shape index (κ1) is 19.5. The van der Waals surface area contributed by atoms with Crippen molar-refractivity contribution in [2.45, 2.75) is 0 Å². The highest BCUT2D eigenvalue weighted by Crippen LogP contribution is 2.17. The zero-order valence-electron chi connectivity index (χ0n) is 17.0. The molecule has 0 aromatic heterocycles. The van der Waals surface area contributed by atoms with Crippen LogP contribution in [0.5, 0.6) is 0 Å². The highest BCUT2D eigenvalue weighted by molar-refractivity contribution is 5.98. The number of hydrogen-bond acceptors (Lipinski definition) is 4. The van der Waals surface area contributed by atoms with Crippen molar-refractivity contribution in [1.29, 1.82) is 0 Å². The molecule has 6 heteroatoms. The van der Waals surface area contributed by atoms with Crippen molar-refractivity contribution >= 4 is 17.5 Å². The monoisotopic (exact) mass is 392 g/mol. The molecule has 0 N–H and O–H groups in total. The maximum absolute atomic E-state index is 12.9. The van der Waals surface area contributed by atoms with Gasteiger partial charge in [0.2, 0.25) is 0 Å². The molecule has 0 bridgehead atoms. The molecule has 2 amide bonds. The van der Waals surface area contributed by atoms with Gasteiger partial charge in [-0.25, -0.2) is 0 Å². The van der Waals surface area contributed by atoms with E-state index in [4.69, 9.17) is 0 Å². The Labute approximate surface area is 172 Å². The third-order valence-corrected chi connectivity index (χ3v) is 5.86. The van der Waals surface area contributed by atoms with Crippen LogP contribution in [0.15, 0.2) is 54.6 Å². The molecule has 0 radical (unpaired) electrons. The molecule has 6 nitrogen and oxygen atoms in total. The van der Waals surface area contributed by atoms with Gasteiger partial charge in [0.15, 0.2) is 0 Å². The number of piperazine rings is 2. The zero-order chi connectivity index (χ0) is 20.2. The van der Waals surface area contributed by atoms with Gasteiger partial charge in [0.25, 0.3) is 11.8 Å². The van der Waals surface area contributed by atoms with Crippen molar-refractivity contribution in [1.82, 2.24) is 14.7 Å². The van der Waals surface area contributed by atoms with E-state index in [-0.39, 0.29) is 11.8 Å². The number of benzene rings is 2. The highest BCUT2D eigenvalue weighted by Gasteiger charge is 2.24. The van der Waals surface area contributed by atoms with Crippen LogP contribution in [-0.2, 0) is 0 Å². The van der Waals surface area contributed by atoms with Crippen molar-refractivity contribution in [2.24, 2.45) is 0 Å². The first-order valence-electron chi connectivity index (χ1n) is 10.3. The van der Waals surface area contributed by atoms with Gasteiger partial charge in [-0.15, -0.1) is 0 Å². The minimum atomic E-state index is 0.0382. The minimum Gasteiger partial charge on any atom is -0.368 e. The van der Waals surface area contributed by atoms with Crippen LogP contribution in [0.4, 0.5) is 5.69 Å². The largest absolute Gasteiger partial charge is 0.368 e. The lowest BCUT2D eigenvalue weighted by Gasteiger charge is -2.36. The topological polar surface area (TPSA) is 47.1 Å². The number of carbonyl (C=O) groups excluding carboxylic acids is 2. The normalized spacial score (nSPS) is 18.0. The summed E-state index contributed by atoms with van der Waals surface area (Å²) < 4.78 is 0. The maximum atomic E-state index is 12.9. The molecule has 0 saturated carbocycles. The van der Waals surface area contributed by atoms with Crippen LogP contribution in [0, 0.1) is 0 Å². The number of rotatable bonds is 3. The molecule has 29 heavy (non-hydrogen) atoms. The Kier molecular flexibility index (Phi) is 5.81. The third kappa shape index (κ3) is 4.43. The van der Waals surface area contributed by atoms with Gasteiger partial charge in [-0.05, 0) is 43.4 Å². The van der Waals surface area contributed by atoms with E-state index in [0.717, 1.165) is 39.3 Å². The van der Waals surface area contributed by atoms with E-state index in [1.807, 2.05) is 28.0 Å². The van der Waals surface area contributed by atoms with Gasteiger partial charge in [-0.2, -0.15) is 0 Å². The van der Waals surface area contributed by atoms with Crippen LogP contribution >= 0.6 is 0 Å². The van der Waals surface area contributed by atoms with E-state index < -0.39 is 0 Å². The molecule has 2 heterocycles. The van der Waals surface area contributed by atoms with Crippen LogP contribution in [0.1, 0.15) is 20.7 Å². The fraction of sp³-hybridized carbons (Fsp3) is 0.391. The minimum absolute atomic E-state index is 0.0382. The highest BCUT2D eigenvalue weighted by atomic mass is 16.2. The molecule has 0 atom stereocenters. The predicted molar refractivity (Wildman–Crippen MR) is 114 cm³/mol. The molecule has 0 aliphatic carbocycles. The quantitative estimate of drug-likeness (QED) is 0.802. The first-order chi connectivity index (χ1) is 14.1. The summed E-state index contributed by atoms with van der Waals surface area (Å²) in [5.74, 6) is 0.0879. The molecule has 2 aromatic rings. The lowest BCUT2D eigenvalue weighted by atomic mass is 10.1. The van der Waals surface area contributed by atoms with Gasteiger partial charge in [0.05, 0.1) is 0 Å². The van der Waals surface area contributed by atoms with Gasteiger partial charge >= 0.3 is 0 Å². The molecule has 2 aromatic carbocycles. The number of para-hydroxylation sites is 1. The Bertz CT molecular complexity index is 837. The number of likely N-dealkylation sites (N-methyl/N-ethyl adjacent to an activating group) is 1. The maximum Gasteiger partial charge on any atom is 0.253 e. The molecule has 4 rings (SSSR count). The number of nitrogens with zero attached hydrogens (tertiary/aromatic N) is 4. The summed E-state index contributed by atoms with van der Waals surface area (Å²) in [7, 11) is 2.07. The summed E-state index contributed by atoms with van der Waals surface area (Å²) in [6.45, 7) is 6.37. The van der Waals surface area contributed by atoms with Crippen LogP contribution < -0.4 is 4.90 Å². The molecule has 0 unspecified atom stereocenters. The van der Waals surface area contributed by atoms with E-state index in [0.29, 0.717) is 24.2 Å². The van der Waals surface area contributed by atoms with E-state index in [2.05, 4.69) is 29.0 Å². The SMILES string of the molecule is CN1CCN(C(=O)c2ccc(C(=O)N3CCN(c4ccccc4)CC3)cc2)CC1. The standard InChI is InChI=1S/C23H28N4O2/c1-24-11-13-26(14-12-24)22(28)19-7-9-20(10-8-19)23(29)27-17-15-25(16-18-27)21-5-3-2-4-6-21/h2-10H,11-18H2,1H3. The molecule has 0 spiro atoms. The second kappa shape index (κ2) is 8.66.